The summed E-state index contributed by atoms with van der Waals surface area (Å²) in [4.78, 5) is 10.6. The third-order valence-electron chi connectivity index (χ3n) is 3.06. The molecule has 0 saturated heterocycles. The Morgan fingerprint density at radius 1 is 1.33 bits per heavy atom. The van der Waals surface area contributed by atoms with Gasteiger partial charge in [-0.1, -0.05) is 38.6 Å². The second-order valence-corrected chi connectivity index (χ2v) is 5.14. The number of benzene rings is 1. The van der Waals surface area contributed by atoms with Crippen LogP contribution in [0.2, 0.25) is 0 Å². The molecule has 0 amide bonds. The van der Waals surface area contributed by atoms with E-state index in [1.54, 1.807) is 0 Å². The van der Waals surface area contributed by atoms with Gasteiger partial charge in [0.05, 0.1) is 0 Å². The van der Waals surface area contributed by atoms with Gasteiger partial charge in [-0.15, -0.1) is 0 Å². The molecule has 0 fully saturated rings. The smallest absolute Gasteiger partial charge is 0.150 e. The van der Waals surface area contributed by atoms with Crippen LogP contribution in [0.25, 0.3) is 5.57 Å². The Labute approximate surface area is 90.8 Å². The van der Waals surface area contributed by atoms with Crippen LogP contribution in [0.4, 0.5) is 0 Å². The van der Waals surface area contributed by atoms with Crippen molar-refractivity contribution in [1.82, 2.24) is 0 Å². The fourth-order valence-corrected chi connectivity index (χ4v) is 2.32. The standard InChI is InChI=1S/C14H16O/c1-10(9-15)11-4-5-12-7-14(2,3)8-13(12)6-11/h4-6,9H,1,7-8H2,2-3H3. The van der Waals surface area contributed by atoms with Crippen molar-refractivity contribution >= 4 is 11.9 Å². The van der Waals surface area contributed by atoms with Crippen LogP contribution in [0, 0.1) is 5.41 Å². The molecule has 0 atom stereocenters. The van der Waals surface area contributed by atoms with Crippen LogP contribution in [0.1, 0.15) is 30.5 Å². The summed E-state index contributed by atoms with van der Waals surface area (Å²) in [5.41, 5.74) is 4.69. The Morgan fingerprint density at radius 3 is 2.67 bits per heavy atom. The zero-order valence-corrected chi connectivity index (χ0v) is 9.34. The first-order valence-corrected chi connectivity index (χ1v) is 5.28. The molecule has 0 heterocycles. The first kappa shape index (κ1) is 10.2. The first-order valence-electron chi connectivity index (χ1n) is 5.28. The summed E-state index contributed by atoms with van der Waals surface area (Å²) in [6.45, 7) is 8.30. The van der Waals surface area contributed by atoms with Gasteiger partial charge in [-0.3, -0.25) is 4.79 Å². The maximum atomic E-state index is 10.6. The molecule has 0 radical (unpaired) electrons. The predicted molar refractivity (Wildman–Crippen MR) is 62.7 cm³/mol. The quantitative estimate of drug-likeness (QED) is 0.529. The van der Waals surface area contributed by atoms with Gasteiger partial charge in [-0.25, -0.2) is 0 Å². The minimum Gasteiger partial charge on any atom is -0.298 e. The van der Waals surface area contributed by atoms with Crippen molar-refractivity contribution in [1.29, 1.82) is 0 Å². The fraction of sp³-hybridized carbons (Fsp3) is 0.357. The van der Waals surface area contributed by atoms with Crippen LogP contribution in [0.3, 0.4) is 0 Å². The van der Waals surface area contributed by atoms with E-state index in [1.807, 2.05) is 6.07 Å². The third kappa shape index (κ3) is 1.87. The highest BCUT2D eigenvalue weighted by molar-refractivity contribution is 6.05. The Kier molecular flexibility index (Phi) is 2.26. The maximum absolute atomic E-state index is 10.6. The van der Waals surface area contributed by atoms with Crippen molar-refractivity contribution in [2.75, 3.05) is 0 Å². The maximum Gasteiger partial charge on any atom is 0.150 e. The number of hydrogen-bond donors (Lipinski definition) is 0. The molecule has 1 aromatic rings. The van der Waals surface area contributed by atoms with Gasteiger partial charge in [0.1, 0.15) is 6.29 Å². The van der Waals surface area contributed by atoms with Crippen LogP contribution in [-0.2, 0) is 17.6 Å². The summed E-state index contributed by atoms with van der Waals surface area (Å²) in [5.74, 6) is 0. The van der Waals surface area contributed by atoms with Crippen molar-refractivity contribution in [2.45, 2.75) is 26.7 Å². The van der Waals surface area contributed by atoms with Crippen molar-refractivity contribution in [3.8, 4) is 0 Å². The van der Waals surface area contributed by atoms with Gasteiger partial charge in [0.15, 0.2) is 0 Å². The lowest BCUT2D eigenvalue weighted by Gasteiger charge is -2.14. The second-order valence-electron chi connectivity index (χ2n) is 5.14. The van der Waals surface area contributed by atoms with Crippen LogP contribution >= 0.6 is 0 Å². The van der Waals surface area contributed by atoms with E-state index in [2.05, 4.69) is 32.6 Å². The molecule has 1 aliphatic carbocycles. The third-order valence-corrected chi connectivity index (χ3v) is 3.06. The molecule has 0 aromatic heterocycles. The number of allylic oxidation sites excluding steroid dienone is 1. The summed E-state index contributed by atoms with van der Waals surface area (Å²) in [6, 6.07) is 6.24. The summed E-state index contributed by atoms with van der Waals surface area (Å²) in [7, 11) is 0. The average Bonchev–Trinajstić information content (AvgIpc) is 2.49. The molecule has 0 N–H and O–H groups in total. The minimum absolute atomic E-state index is 0.365. The minimum atomic E-state index is 0.365. The normalized spacial score (nSPS) is 17.2. The average molecular weight is 200 g/mol. The molecule has 0 spiro atoms. The van der Waals surface area contributed by atoms with E-state index in [0.717, 1.165) is 24.7 Å². The SMILES string of the molecule is C=C(C=O)c1ccc2c(c1)CC(C)(C)C2. The fourth-order valence-electron chi connectivity index (χ4n) is 2.32. The van der Waals surface area contributed by atoms with E-state index >= 15 is 0 Å². The lowest BCUT2D eigenvalue weighted by Crippen LogP contribution is -2.09. The van der Waals surface area contributed by atoms with Crippen LogP contribution in [0.15, 0.2) is 24.8 Å². The number of carbonyl (C=O) groups excluding carboxylic acids is 1. The summed E-state index contributed by atoms with van der Waals surface area (Å²) >= 11 is 0. The van der Waals surface area contributed by atoms with Gasteiger partial charge in [-0.05, 0) is 34.9 Å². The van der Waals surface area contributed by atoms with Crippen LogP contribution < -0.4 is 0 Å². The Morgan fingerprint density at radius 2 is 2.00 bits per heavy atom. The lowest BCUT2D eigenvalue weighted by molar-refractivity contribution is -0.103. The highest BCUT2D eigenvalue weighted by atomic mass is 16.1. The molecular formula is C14H16O. The molecule has 1 aromatic carbocycles. The number of carbonyl (C=O) groups is 1. The van der Waals surface area contributed by atoms with E-state index in [1.165, 1.54) is 11.1 Å². The number of hydrogen-bond acceptors (Lipinski definition) is 1. The molecule has 15 heavy (non-hydrogen) atoms. The highest BCUT2D eigenvalue weighted by Gasteiger charge is 2.28. The van der Waals surface area contributed by atoms with Crippen molar-refractivity contribution in [3.63, 3.8) is 0 Å². The van der Waals surface area contributed by atoms with E-state index in [-0.39, 0.29) is 0 Å². The molecule has 78 valence electrons. The van der Waals surface area contributed by atoms with Gasteiger partial charge in [0, 0.05) is 5.57 Å². The molecule has 0 unspecified atom stereocenters. The topological polar surface area (TPSA) is 17.1 Å². The summed E-state index contributed by atoms with van der Waals surface area (Å²) < 4.78 is 0. The van der Waals surface area contributed by atoms with Gasteiger partial charge in [0.25, 0.3) is 0 Å². The van der Waals surface area contributed by atoms with Crippen molar-refractivity contribution in [3.05, 3.63) is 41.5 Å². The molecule has 0 bridgehead atoms. The zero-order valence-electron chi connectivity index (χ0n) is 9.34. The molecule has 1 heteroatoms. The largest absolute Gasteiger partial charge is 0.298 e. The lowest BCUT2D eigenvalue weighted by atomic mass is 9.90. The van der Waals surface area contributed by atoms with Gasteiger partial charge in [0.2, 0.25) is 0 Å². The second kappa shape index (κ2) is 3.34. The number of rotatable bonds is 2. The van der Waals surface area contributed by atoms with E-state index in [9.17, 15) is 4.79 Å². The Bertz CT molecular complexity index is 427. The first-order chi connectivity index (χ1) is 7.02. The number of fused-ring (bicyclic) bond motifs is 1. The molecule has 1 nitrogen and oxygen atoms in total. The monoisotopic (exact) mass is 200 g/mol. The molecule has 1 aliphatic rings. The Balaban J connectivity index is 2.38. The van der Waals surface area contributed by atoms with Gasteiger partial charge in [-0.2, -0.15) is 0 Å². The molecular weight excluding hydrogens is 184 g/mol. The predicted octanol–water partition coefficient (Wildman–Crippen LogP) is 3.02. The summed E-state index contributed by atoms with van der Waals surface area (Å²) in [6.07, 6.45) is 3.06. The number of aldehydes is 1. The van der Waals surface area contributed by atoms with Crippen molar-refractivity contribution < 1.29 is 4.79 Å². The van der Waals surface area contributed by atoms with Crippen molar-refractivity contribution in [2.24, 2.45) is 5.41 Å². The molecule has 2 rings (SSSR count). The van der Waals surface area contributed by atoms with E-state index in [0.29, 0.717) is 11.0 Å². The zero-order chi connectivity index (χ0) is 11.1. The highest BCUT2D eigenvalue weighted by Crippen LogP contribution is 2.36. The van der Waals surface area contributed by atoms with Gasteiger partial charge < -0.3 is 0 Å². The Hall–Kier alpha value is -1.37. The molecule has 0 aliphatic heterocycles. The van der Waals surface area contributed by atoms with Crippen LogP contribution in [0.5, 0.6) is 0 Å². The molecule has 0 saturated carbocycles. The van der Waals surface area contributed by atoms with Crippen LogP contribution in [-0.4, -0.2) is 6.29 Å². The van der Waals surface area contributed by atoms with E-state index < -0.39 is 0 Å². The van der Waals surface area contributed by atoms with Gasteiger partial charge >= 0.3 is 0 Å². The summed E-state index contributed by atoms with van der Waals surface area (Å²) in [5, 5.41) is 0. The van der Waals surface area contributed by atoms with E-state index in [4.69, 9.17) is 0 Å².